The fraction of sp³-hybridized carbons (Fsp3) is 0.353. The lowest BCUT2D eigenvalue weighted by molar-refractivity contribution is 0.317. The molecule has 20 heavy (non-hydrogen) atoms. The molecule has 0 unspecified atom stereocenters. The van der Waals surface area contributed by atoms with Crippen LogP contribution in [0.15, 0.2) is 48.8 Å². The fourth-order valence-corrected chi connectivity index (χ4v) is 2.02. The van der Waals surface area contributed by atoms with Gasteiger partial charge in [0.25, 0.3) is 0 Å². The van der Waals surface area contributed by atoms with Gasteiger partial charge < -0.3 is 10.1 Å². The standard InChI is InChI=1S/C17H22N2O/c1-2-10-19-14-16-5-3-4-6-17(16)20-13-9-15-7-11-18-12-8-15/h3-8,11-12,19H,2,9-10,13-14H2,1H3. The van der Waals surface area contributed by atoms with Gasteiger partial charge in [-0.15, -0.1) is 0 Å². The second-order valence-electron chi connectivity index (χ2n) is 4.74. The Hall–Kier alpha value is -1.87. The summed E-state index contributed by atoms with van der Waals surface area (Å²) in [4.78, 5) is 4.02. The van der Waals surface area contributed by atoms with Crippen molar-refractivity contribution in [3.05, 3.63) is 59.9 Å². The van der Waals surface area contributed by atoms with E-state index in [9.17, 15) is 0 Å². The Kier molecular flexibility index (Phi) is 6.06. The molecule has 1 aromatic heterocycles. The highest BCUT2D eigenvalue weighted by Gasteiger charge is 2.02. The predicted octanol–water partition coefficient (Wildman–Crippen LogP) is 3.20. The molecular weight excluding hydrogens is 248 g/mol. The van der Waals surface area contributed by atoms with Crippen LogP contribution in [0.25, 0.3) is 0 Å². The lowest BCUT2D eigenvalue weighted by atomic mass is 10.2. The maximum absolute atomic E-state index is 5.91. The number of pyridine rings is 1. The van der Waals surface area contributed by atoms with E-state index >= 15 is 0 Å². The number of hydrogen-bond donors (Lipinski definition) is 1. The van der Waals surface area contributed by atoms with Crippen LogP contribution in [0.2, 0.25) is 0 Å². The van der Waals surface area contributed by atoms with Gasteiger partial charge in [0.05, 0.1) is 6.61 Å². The highest BCUT2D eigenvalue weighted by atomic mass is 16.5. The van der Waals surface area contributed by atoms with Crippen molar-refractivity contribution >= 4 is 0 Å². The lowest BCUT2D eigenvalue weighted by Gasteiger charge is -2.12. The first-order chi connectivity index (χ1) is 9.90. The molecule has 0 spiro atoms. The molecular formula is C17H22N2O. The molecule has 3 heteroatoms. The number of ether oxygens (including phenoxy) is 1. The van der Waals surface area contributed by atoms with Gasteiger partial charge in [0.1, 0.15) is 5.75 Å². The predicted molar refractivity (Wildman–Crippen MR) is 81.9 cm³/mol. The van der Waals surface area contributed by atoms with E-state index in [2.05, 4.69) is 29.4 Å². The SMILES string of the molecule is CCCNCc1ccccc1OCCc1ccncc1. The second-order valence-corrected chi connectivity index (χ2v) is 4.74. The third kappa shape index (κ3) is 4.67. The van der Waals surface area contributed by atoms with Crippen molar-refractivity contribution in [2.75, 3.05) is 13.2 Å². The van der Waals surface area contributed by atoms with E-state index in [0.717, 1.165) is 31.7 Å². The molecule has 0 amide bonds. The summed E-state index contributed by atoms with van der Waals surface area (Å²) in [6.07, 6.45) is 5.68. The number of nitrogens with zero attached hydrogens (tertiary/aromatic N) is 1. The molecule has 3 nitrogen and oxygen atoms in total. The molecule has 0 atom stereocenters. The molecule has 0 bridgehead atoms. The number of para-hydroxylation sites is 1. The first kappa shape index (κ1) is 14.5. The quantitative estimate of drug-likeness (QED) is 0.748. The first-order valence-corrected chi connectivity index (χ1v) is 7.20. The van der Waals surface area contributed by atoms with Crippen molar-refractivity contribution in [2.24, 2.45) is 0 Å². The Morgan fingerprint density at radius 1 is 1.10 bits per heavy atom. The third-order valence-electron chi connectivity index (χ3n) is 3.11. The van der Waals surface area contributed by atoms with Crippen molar-refractivity contribution in [3.63, 3.8) is 0 Å². The van der Waals surface area contributed by atoms with Crippen LogP contribution in [0, 0.1) is 0 Å². The van der Waals surface area contributed by atoms with E-state index in [1.165, 1.54) is 11.1 Å². The Labute approximate surface area is 121 Å². The van der Waals surface area contributed by atoms with Crippen LogP contribution in [0.4, 0.5) is 0 Å². The summed E-state index contributed by atoms with van der Waals surface area (Å²) in [6.45, 7) is 4.75. The molecule has 0 aliphatic carbocycles. The summed E-state index contributed by atoms with van der Waals surface area (Å²) in [5.74, 6) is 0.977. The summed E-state index contributed by atoms with van der Waals surface area (Å²) < 4.78 is 5.91. The van der Waals surface area contributed by atoms with Crippen LogP contribution in [-0.4, -0.2) is 18.1 Å². The molecule has 0 aliphatic rings. The summed E-state index contributed by atoms with van der Waals surface area (Å²) in [6, 6.07) is 12.3. The van der Waals surface area contributed by atoms with E-state index in [0.29, 0.717) is 6.61 Å². The van der Waals surface area contributed by atoms with Gasteiger partial charge in [0, 0.05) is 30.9 Å². The summed E-state index contributed by atoms with van der Waals surface area (Å²) >= 11 is 0. The minimum Gasteiger partial charge on any atom is -0.493 e. The zero-order valence-corrected chi connectivity index (χ0v) is 12.0. The molecule has 1 heterocycles. The second kappa shape index (κ2) is 8.33. The van der Waals surface area contributed by atoms with Crippen LogP contribution in [0.5, 0.6) is 5.75 Å². The van der Waals surface area contributed by atoms with Gasteiger partial charge >= 0.3 is 0 Å². The van der Waals surface area contributed by atoms with Gasteiger partial charge in [-0.1, -0.05) is 25.1 Å². The molecule has 1 aromatic carbocycles. The third-order valence-corrected chi connectivity index (χ3v) is 3.11. The summed E-state index contributed by atoms with van der Waals surface area (Å²) in [5.41, 5.74) is 2.47. The summed E-state index contributed by atoms with van der Waals surface area (Å²) in [5, 5.41) is 3.41. The number of hydrogen-bond acceptors (Lipinski definition) is 3. The Bertz CT molecular complexity index is 499. The van der Waals surface area contributed by atoms with Crippen LogP contribution in [0.3, 0.4) is 0 Å². The van der Waals surface area contributed by atoms with Crippen molar-refractivity contribution in [2.45, 2.75) is 26.3 Å². The zero-order chi connectivity index (χ0) is 14.0. The van der Waals surface area contributed by atoms with Crippen molar-refractivity contribution in [1.29, 1.82) is 0 Å². The Morgan fingerprint density at radius 3 is 2.70 bits per heavy atom. The van der Waals surface area contributed by atoms with Gasteiger partial charge in [0.2, 0.25) is 0 Å². The maximum Gasteiger partial charge on any atom is 0.123 e. The number of aromatic nitrogens is 1. The topological polar surface area (TPSA) is 34.1 Å². The maximum atomic E-state index is 5.91. The van der Waals surface area contributed by atoms with Gasteiger partial charge in [-0.25, -0.2) is 0 Å². The van der Waals surface area contributed by atoms with E-state index in [1.54, 1.807) is 0 Å². The molecule has 106 valence electrons. The molecule has 0 saturated heterocycles. The molecule has 0 aliphatic heterocycles. The zero-order valence-electron chi connectivity index (χ0n) is 12.0. The normalized spacial score (nSPS) is 10.4. The first-order valence-electron chi connectivity index (χ1n) is 7.20. The van der Waals surface area contributed by atoms with E-state index in [-0.39, 0.29) is 0 Å². The fourth-order valence-electron chi connectivity index (χ4n) is 2.02. The largest absolute Gasteiger partial charge is 0.493 e. The van der Waals surface area contributed by atoms with Crippen LogP contribution < -0.4 is 10.1 Å². The van der Waals surface area contributed by atoms with Crippen LogP contribution >= 0.6 is 0 Å². The highest BCUT2D eigenvalue weighted by Crippen LogP contribution is 2.18. The van der Waals surface area contributed by atoms with Gasteiger partial charge in [-0.05, 0) is 36.7 Å². The highest BCUT2D eigenvalue weighted by molar-refractivity contribution is 5.33. The van der Waals surface area contributed by atoms with Gasteiger partial charge in [0.15, 0.2) is 0 Å². The molecule has 2 aromatic rings. The minimum absolute atomic E-state index is 0.689. The molecule has 0 fully saturated rings. The van der Waals surface area contributed by atoms with Crippen molar-refractivity contribution < 1.29 is 4.74 Å². The van der Waals surface area contributed by atoms with Crippen LogP contribution in [-0.2, 0) is 13.0 Å². The smallest absolute Gasteiger partial charge is 0.123 e. The van der Waals surface area contributed by atoms with Crippen molar-refractivity contribution in [1.82, 2.24) is 10.3 Å². The number of rotatable bonds is 8. The van der Waals surface area contributed by atoms with Crippen LogP contribution in [0.1, 0.15) is 24.5 Å². The van der Waals surface area contributed by atoms with Gasteiger partial charge in [-0.3, -0.25) is 4.98 Å². The van der Waals surface area contributed by atoms with Gasteiger partial charge in [-0.2, -0.15) is 0 Å². The van der Waals surface area contributed by atoms with E-state index in [4.69, 9.17) is 4.74 Å². The monoisotopic (exact) mass is 270 g/mol. The number of nitrogens with one attached hydrogen (secondary N) is 1. The minimum atomic E-state index is 0.689. The average Bonchev–Trinajstić information content (AvgIpc) is 2.50. The molecule has 0 saturated carbocycles. The molecule has 2 rings (SSSR count). The summed E-state index contributed by atoms with van der Waals surface area (Å²) in [7, 11) is 0. The molecule has 1 N–H and O–H groups in total. The average molecular weight is 270 g/mol. The van der Waals surface area contributed by atoms with E-state index < -0.39 is 0 Å². The lowest BCUT2D eigenvalue weighted by Crippen LogP contribution is -2.15. The van der Waals surface area contributed by atoms with E-state index in [1.807, 2.05) is 36.7 Å². The molecule has 0 radical (unpaired) electrons. The Balaban J connectivity index is 1.85. The number of benzene rings is 1. The van der Waals surface area contributed by atoms with Crippen molar-refractivity contribution in [3.8, 4) is 5.75 Å². The Morgan fingerprint density at radius 2 is 1.90 bits per heavy atom.